The highest BCUT2D eigenvalue weighted by Crippen LogP contribution is 2.26. The molecule has 0 fully saturated rings. The molecule has 0 unspecified atom stereocenters. The van der Waals surface area contributed by atoms with Crippen molar-refractivity contribution < 1.29 is 0 Å². The molecule has 6 aromatic rings. The van der Waals surface area contributed by atoms with E-state index < -0.39 is 0 Å². The predicted octanol–water partition coefficient (Wildman–Crippen LogP) is 8.19. The Labute approximate surface area is 187 Å². The summed E-state index contributed by atoms with van der Waals surface area (Å²) in [5.41, 5.74) is 2.03. The second-order valence-electron chi connectivity index (χ2n) is 6.98. The second-order valence-corrected chi connectivity index (χ2v) is 8.18. The van der Waals surface area contributed by atoms with E-state index in [9.17, 15) is 0 Å². The number of pyridine rings is 2. The van der Waals surface area contributed by atoms with Gasteiger partial charge >= 0.3 is 0 Å². The van der Waals surface area contributed by atoms with Crippen molar-refractivity contribution in [2.45, 2.75) is 0 Å². The normalized spacial score (nSPS) is 11.0. The van der Waals surface area contributed by atoms with Crippen molar-refractivity contribution in [1.82, 2.24) is 9.97 Å². The molecule has 0 atom stereocenters. The summed E-state index contributed by atoms with van der Waals surface area (Å²) in [5.74, 6) is 0. The molecule has 4 heteroatoms. The Kier molecular flexibility index (Phi) is 5.07. The van der Waals surface area contributed by atoms with Gasteiger partial charge in [0.2, 0.25) is 0 Å². The van der Waals surface area contributed by atoms with Gasteiger partial charge in [-0.2, -0.15) is 0 Å². The average molecular weight is 472 g/mol. The topological polar surface area (TPSA) is 25.8 Å². The molecule has 0 aliphatic carbocycles. The van der Waals surface area contributed by atoms with Gasteiger partial charge in [-0.15, -0.1) is 0 Å². The van der Waals surface area contributed by atoms with Crippen LogP contribution in [0.15, 0.2) is 102 Å². The van der Waals surface area contributed by atoms with Crippen LogP contribution in [-0.4, -0.2) is 9.97 Å². The number of hydrogen-bond donors (Lipinski definition) is 0. The highest BCUT2D eigenvalue weighted by Gasteiger charge is 2.02. The van der Waals surface area contributed by atoms with E-state index in [0.29, 0.717) is 5.15 Å². The third-order valence-electron chi connectivity index (χ3n) is 5.10. The Hall–Kier alpha value is -3.01. The lowest BCUT2D eigenvalue weighted by molar-refractivity contribution is 1.36. The molecular weight excluding hydrogens is 456 g/mol. The van der Waals surface area contributed by atoms with E-state index in [-0.39, 0.29) is 0 Å². The minimum atomic E-state index is 0.541. The monoisotopic (exact) mass is 470 g/mol. The van der Waals surface area contributed by atoms with Crippen molar-refractivity contribution in [3.05, 3.63) is 107 Å². The minimum Gasteiger partial charge on any atom is -0.240 e. The molecule has 30 heavy (non-hydrogen) atoms. The highest BCUT2D eigenvalue weighted by atomic mass is 79.9. The van der Waals surface area contributed by atoms with Crippen molar-refractivity contribution >= 4 is 70.9 Å². The van der Waals surface area contributed by atoms with Gasteiger partial charge < -0.3 is 0 Å². The lowest BCUT2D eigenvalue weighted by Gasteiger charge is -2.02. The standard InChI is InChI=1S/C13H8BrN.C13H8ClN/c2*14-12-8-7-10-6-5-9-3-1-2-4-11(9)13(10)15-12/h2*1-8H. The van der Waals surface area contributed by atoms with Crippen LogP contribution in [0.3, 0.4) is 0 Å². The number of aromatic nitrogens is 2. The van der Waals surface area contributed by atoms with Gasteiger partial charge in [0.1, 0.15) is 9.76 Å². The van der Waals surface area contributed by atoms with Crippen LogP contribution < -0.4 is 0 Å². The van der Waals surface area contributed by atoms with Gasteiger partial charge in [-0.1, -0.05) is 90.5 Å². The third kappa shape index (κ3) is 3.62. The zero-order chi connectivity index (χ0) is 20.5. The van der Waals surface area contributed by atoms with Crippen LogP contribution in [0, 0.1) is 0 Å². The molecule has 0 amide bonds. The minimum absolute atomic E-state index is 0.541. The molecule has 2 aromatic heterocycles. The van der Waals surface area contributed by atoms with Crippen LogP contribution in [0.1, 0.15) is 0 Å². The van der Waals surface area contributed by atoms with Crippen molar-refractivity contribution in [2.24, 2.45) is 0 Å². The fraction of sp³-hybridized carbons (Fsp3) is 0. The molecule has 2 heterocycles. The van der Waals surface area contributed by atoms with Gasteiger partial charge in [-0.25, -0.2) is 9.97 Å². The molecule has 0 bridgehead atoms. The summed E-state index contributed by atoms with van der Waals surface area (Å²) in [6.07, 6.45) is 0. The van der Waals surface area contributed by atoms with E-state index >= 15 is 0 Å². The number of hydrogen-bond acceptors (Lipinski definition) is 2. The Balaban J connectivity index is 0.000000128. The number of benzene rings is 4. The van der Waals surface area contributed by atoms with E-state index in [1.54, 1.807) is 0 Å². The maximum absolute atomic E-state index is 5.91. The van der Waals surface area contributed by atoms with E-state index in [2.05, 4.69) is 80.5 Å². The van der Waals surface area contributed by atoms with Gasteiger partial charge in [0.05, 0.1) is 11.0 Å². The lowest BCUT2D eigenvalue weighted by Crippen LogP contribution is -1.82. The summed E-state index contributed by atoms with van der Waals surface area (Å²) >= 11 is 9.31. The maximum atomic E-state index is 5.91. The molecule has 6 rings (SSSR count). The van der Waals surface area contributed by atoms with Crippen molar-refractivity contribution in [1.29, 1.82) is 0 Å². The van der Waals surface area contributed by atoms with Crippen molar-refractivity contribution in [3.8, 4) is 0 Å². The van der Waals surface area contributed by atoms with E-state index in [1.807, 2.05) is 42.5 Å². The summed E-state index contributed by atoms with van der Waals surface area (Å²) in [6, 6.07) is 32.8. The smallest absolute Gasteiger partial charge is 0.129 e. The molecule has 144 valence electrons. The largest absolute Gasteiger partial charge is 0.240 e. The lowest BCUT2D eigenvalue weighted by atomic mass is 10.1. The molecule has 0 saturated heterocycles. The molecule has 2 nitrogen and oxygen atoms in total. The molecule has 0 aliphatic heterocycles. The maximum Gasteiger partial charge on any atom is 0.129 e. The molecular formula is C26H16BrClN2. The highest BCUT2D eigenvalue weighted by molar-refractivity contribution is 9.10. The fourth-order valence-corrected chi connectivity index (χ4v) is 4.12. The Morgan fingerprint density at radius 1 is 0.500 bits per heavy atom. The van der Waals surface area contributed by atoms with Gasteiger partial charge in [-0.3, -0.25) is 0 Å². The van der Waals surface area contributed by atoms with Gasteiger partial charge in [0, 0.05) is 21.5 Å². The molecule has 0 saturated carbocycles. The van der Waals surface area contributed by atoms with Crippen LogP contribution >= 0.6 is 27.5 Å². The summed E-state index contributed by atoms with van der Waals surface area (Å²) in [7, 11) is 0. The van der Waals surface area contributed by atoms with Crippen LogP contribution in [0.2, 0.25) is 5.15 Å². The number of rotatable bonds is 0. The molecule has 0 aliphatic rings. The summed E-state index contributed by atoms with van der Waals surface area (Å²) in [5, 5.41) is 7.62. The van der Waals surface area contributed by atoms with Crippen molar-refractivity contribution in [3.63, 3.8) is 0 Å². The van der Waals surface area contributed by atoms with Crippen LogP contribution in [0.25, 0.3) is 43.4 Å². The number of nitrogens with zero attached hydrogens (tertiary/aromatic N) is 2. The van der Waals surface area contributed by atoms with Crippen LogP contribution in [0.4, 0.5) is 0 Å². The number of halogens is 2. The van der Waals surface area contributed by atoms with Crippen LogP contribution in [0.5, 0.6) is 0 Å². The zero-order valence-corrected chi connectivity index (χ0v) is 18.2. The molecule has 0 radical (unpaired) electrons. The predicted molar refractivity (Wildman–Crippen MR) is 131 cm³/mol. The first-order chi connectivity index (χ1) is 14.7. The Morgan fingerprint density at radius 2 is 0.967 bits per heavy atom. The van der Waals surface area contributed by atoms with Crippen LogP contribution in [-0.2, 0) is 0 Å². The van der Waals surface area contributed by atoms with E-state index in [1.165, 1.54) is 21.5 Å². The van der Waals surface area contributed by atoms with E-state index in [4.69, 9.17) is 11.6 Å². The average Bonchev–Trinajstić information content (AvgIpc) is 2.79. The third-order valence-corrected chi connectivity index (χ3v) is 5.75. The number of fused-ring (bicyclic) bond motifs is 6. The fourth-order valence-electron chi connectivity index (χ4n) is 3.67. The SMILES string of the molecule is Brc1ccc2ccc3ccccc3c2n1.Clc1ccc2ccc3ccccc3c2n1. The van der Waals surface area contributed by atoms with Gasteiger partial charge in [-0.05, 0) is 44.9 Å². The zero-order valence-electron chi connectivity index (χ0n) is 15.9. The first-order valence-corrected chi connectivity index (χ1v) is 10.7. The Bertz CT molecular complexity index is 1410. The molecule has 0 spiro atoms. The Morgan fingerprint density at radius 3 is 1.60 bits per heavy atom. The van der Waals surface area contributed by atoms with Crippen molar-refractivity contribution in [2.75, 3.05) is 0 Å². The molecule has 4 aromatic carbocycles. The first kappa shape index (κ1) is 19.0. The quantitative estimate of drug-likeness (QED) is 0.165. The first-order valence-electron chi connectivity index (χ1n) is 9.57. The summed E-state index contributed by atoms with van der Waals surface area (Å²) < 4.78 is 0.881. The van der Waals surface area contributed by atoms with E-state index in [0.717, 1.165) is 26.4 Å². The second kappa shape index (κ2) is 8.02. The van der Waals surface area contributed by atoms with Gasteiger partial charge in [0.15, 0.2) is 0 Å². The molecule has 0 N–H and O–H groups in total. The summed E-state index contributed by atoms with van der Waals surface area (Å²) in [4.78, 5) is 8.89. The van der Waals surface area contributed by atoms with Gasteiger partial charge in [0.25, 0.3) is 0 Å². The summed E-state index contributed by atoms with van der Waals surface area (Å²) in [6.45, 7) is 0.